The molecule has 0 rings (SSSR count). The molecular formula is C61H121NO. The number of aliphatic imine (C=N–C) groups is 1. The number of unbranched alkanes of at least 4 members (excludes halogenated alkanes) is 57. The summed E-state index contributed by atoms with van der Waals surface area (Å²) in [7, 11) is 0. The quantitative estimate of drug-likeness (QED) is 0.0340. The first-order valence-corrected chi connectivity index (χ1v) is 30.5. The Balaban J connectivity index is 3.07. The van der Waals surface area contributed by atoms with Crippen molar-refractivity contribution in [3.05, 3.63) is 0 Å². The third kappa shape index (κ3) is 61.4. The Bertz CT molecular complexity index is 818. The minimum atomic E-state index is 0.670. The molecule has 0 N–H and O–H groups in total. The Labute approximate surface area is 400 Å². The third-order valence-corrected chi connectivity index (χ3v) is 14.7. The van der Waals surface area contributed by atoms with Crippen LogP contribution in [-0.2, 0) is 4.79 Å². The van der Waals surface area contributed by atoms with E-state index >= 15 is 0 Å². The van der Waals surface area contributed by atoms with E-state index in [0.29, 0.717) is 6.54 Å². The number of carbonyl (C=O) groups excluding carboxylic acids is 1. The Morgan fingerprint density at radius 2 is 0.302 bits per heavy atom. The van der Waals surface area contributed by atoms with Crippen molar-refractivity contribution in [2.45, 2.75) is 379 Å². The summed E-state index contributed by atoms with van der Waals surface area (Å²) >= 11 is 0. The number of hydrogen-bond acceptors (Lipinski definition) is 2. The van der Waals surface area contributed by atoms with Crippen molar-refractivity contribution in [1.29, 1.82) is 0 Å². The average Bonchev–Trinajstić information content (AvgIpc) is 3.29. The van der Waals surface area contributed by atoms with E-state index in [1.54, 1.807) is 6.08 Å². The highest BCUT2D eigenvalue weighted by Crippen LogP contribution is 2.19. The van der Waals surface area contributed by atoms with E-state index in [4.69, 9.17) is 0 Å². The van der Waals surface area contributed by atoms with Crippen LogP contribution in [0.4, 0.5) is 0 Å². The lowest BCUT2D eigenvalue weighted by Gasteiger charge is -2.05. The summed E-state index contributed by atoms with van der Waals surface area (Å²) in [6.45, 7) is 2.98. The molecule has 376 valence electrons. The molecule has 0 unspecified atom stereocenters. The van der Waals surface area contributed by atoms with Gasteiger partial charge in [0.25, 0.3) is 0 Å². The van der Waals surface area contributed by atoms with Crippen molar-refractivity contribution in [2.24, 2.45) is 4.99 Å². The van der Waals surface area contributed by atoms with E-state index in [0.717, 1.165) is 6.42 Å². The maximum atomic E-state index is 10.0. The van der Waals surface area contributed by atoms with Gasteiger partial charge in [0.05, 0.1) is 6.54 Å². The lowest BCUT2D eigenvalue weighted by molar-refractivity contribution is 0.507. The number of nitrogens with zero attached hydrogens (tertiary/aromatic N) is 1. The molecule has 0 saturated heterocycles. The first-order valence-electron chi connectivity index (χ1n) is 30.5. The van der Waals surface area contributed by atoms with Crippen LogP contribution in [0, 0.1) is 0 Å². The lowest BCUT2D eigenvalue weighted by Crippen LogP contribution is -1.85. The largest absolute Gasteiger partial charge is 0.234 e. The summed E-state index contributed by atoms with van der Waals surface area (Å²) in [5.74, 6) is 0. The SMILES string of the molecule is CCCCCCCCCCCCCCCCCCCCCCCCCCCCCCCCCCCCCCCCCCCCCCCCCCCCCCCCCCCCN=C=O. The molecule has 2 heteroatoms. The first kappa shape index (κ1) is 62.4. The molecule has 0 aliphatic rings. The highest BCUT2D eigenvalue weighted by atomic mass is 16.1. The van der Waals surface area contributed by atoms with Gasteiger partial charge in [0.2, 0.25) is 6.08 Å². The van der Waals surface area contributed by atoms with Gasteiger partial charge in [0.1, 0.15) is 0 Å². The van der Waals surface area contributed by atoms with Crippen molar-refractivity contribution < 1.29 is 4.79 Å². The molecule has 0 aromatic rings. The van der Waals surface area contributed by atoms with Gasteiger partial charge in [-0.1, -0.05) is 373 Å². The minimum Gasteiger partial charge on any atom is -0.211 e. The van der Waals surface area contributed by atoms with E-state index in [2.05, 4.69) is 11.9 Å². The normalized spacial score (nSPS) is 11.5. The second kappa shape index (κ2) is 61.4. The Morgan fingerprint density at radius 3 is 0.413 bits per heavy atom. The summed E-state index contributed by atoms with van der Waals surface area (Å²) in [4.78, 5) is 13.7. The van der Waals surface area contributed by atoms with Gasteiger partial charge in [0, 0.05) is 0 Å². The second-order valence-corrected chi connectivity index (χ2v) is 21.1. The van der Waals surface area contributed by atoms with Crippen molar-refractivity contribution in [3.63, 3.8) is 0 Å². The molecule has 0 aliphatic carbocycles. The molecule has 0 radical (unpaired) electrons. The fourth-order valence-corrected chi connectivity index (χ4v) is 10.2. The van der Waals surface area contributed by atoms with Crippen molar-refractivity contribution in [1.82, 2.24) is 0 Å². The monoisotopic (exact) mass is 884 g/mol. The van der Waals surface area contributed by atoms with Crippen LogP contribution in [0.2, 0.25) is 0 Å². The molecule has 0 fully saturated rings. The summed E-state index contributed by atoms with van der Waals surface area (Å²) in [6.07, 6.45) is 86.4. The molecule has 0 saturated carbocycles. The Kier molecular flexibility index (Phi) is 60.8. The van der Waals surface area contributed by atoms with Crippen LogP contribution in [0.15, 0.2) is 4.99 Å². The fourth-order valence-electron chi connectivity index (χ4n) is 10.2. The molecule has 0 aromatic heterocycles. The zero-order valence-corrected chi connectivity index (χ0v) is 44.1. The molecular weight excluding hydrogens is 763 g/mol. The van der Waals surface area contributed by atoms with Gasteiger partial charge < -0.3 is 0 Å². The molecule has 0 bridgehead atoms. The minimum absolute atomic E-state index is 0.670. The van der Waals surface area contributed by atoms with Crippen LogP contribution in [-0.4, -0.2) is 12.6 Å². The highest BCUT2D eigenvalue weighted by Gasteiger charge is 2.00. The van der Waals surface area contributed by atoms with Crippen molar-refractivity contribution in [3.8, 4) is 0 Å². The Hall–Kier alpha value is -0.620. The molecule has 0 heterocycles. The standard InChI is InChI=1S/C61H121NO/c1-2-3-4-5-6-7-8-9-10-11-12-13-14-15-16-17-18-19-20-21-22-23-24-25-26-27-28-29-30-31-32-33-34-35-36-37-38-39-40-41-42-43-44-45-46-47-48-49-50-51-52-53-54-55-56-57-58-59-60-62-61-63/h2-60H2,1H3. The topological polar surface area (TPSA) is 29.4 Å². The summed E-state index contributed by atoms with van der Waals surface area (Å²) in [6, 6.07) is 0. The van der Waals surface area contributed by atoms with Gasteiger partial charge in [-0.25, -0.2) is 9.79 Å². The van der Waals surface area contributed by atoms with Crippen LogP contribution in [0.3, 0.4) is 0 Å². The van der Waals surface area contributed by atoms with Crippen LogP contribution >= 0.6 is 0 Å². The number of isocyanates is 1. The van der Waals surface area contributed by atoms with Crippen LogP contribution < -0.4 is 0 Å². The molecule has 0 aromatic carbocycles. The van der Waals surface area contributed by atoms with Gasteiger partial charge in [-0.05, 0) is 6.42 Å². The number of hydrogen-bond donors (Lipinski definition) is 0. The van der Waals surface area contributed by atoms with Crippen LogP contribution in [0.25, 0.3) is 0 Å². The molecule has 0 atom stereocenters. The fraction of sp³-hybridized carbons (Fsp3) is 0.984. The highest BCUT2D eigenvalue weighted by molar-refractivity contribution is 5.32. The van der Waals surface area contributed by atoms with Gasteiger partial charge in [-0.2, -0.15) is 0 Å². The lowest BCUT2D eigenvalue weighted by atomic mass is 10.0. The van der Waals surface area contributed by atoms with Gasteiger partial charge >= 0.3 is 0 Å². The van der Waals surface area contributed by atoms with Gasteiger partial charge in [-0.3, -0.25) is 0 Å². The van der Waals surface area contributed by atoms with Crippen molar-refractivity contribution in [2.75, 3.05) is 6.54 Å². The predicted octanol–water partition coefficient (Wildman–Crippen LogP) is 23.0. The maximum absolute atomic E-state index is 10.0. The molecule has 0 aliphatic heterocycles. The van der Waals surface area contributed by atoms with Crippen LogP contribution in [0.1, 0.15) is 379 Å². The van der Waals surface area contributed by atoms with E-state index in [9.17, 15) is 4.79 Å². The third-order valence-electron chi connectivity index (χ3n) is 14.7. The second-order valence-electron chi connectivity index (χ2n) is 21.1. The molecule has 0 amide bonds. The van der Waals surface area contributed by atoms with Gasteiger partial charge in [0.15, 0.2) is 0 Å². The number of rotatable bonds is 59. The summed E-state index contributed by atoms with van der Waals surface area (Å²) in [5.41, 5.74) is 0. The zero-order valence-electron chi connectivity index (χ0n) is 44.1. The first-order chi connectivity index (χ1) is 31.4. The van der Waals surface area contributed by atoms with E-state index in [-0.39, 0.29) is 0 Å². The summed E-state index contributed by atoms with van der Waals surface area (Å²) < 4.78 is 0. The molecule has 0 spiro atoms. The smallest absolute Gasteiger partial charge is 0.211 e. The van der Waals surface area contributed by atoms with Crippen LogP contribution in [0.5, 0.6) is 0 Å². The van der Waals surface area contributed by atoms with Gasteiger partial charge in [-0.15, -0.1) is 0 Å². The molecule has 63 heavy (non-hydrogen) atoms. The maximum Gasteiger partial charge on any atom is 0.234 e. The Morgan fingerprint density at radius 1 is 0.190 bits per heavy atom. The molecule has 2 nitrogen and oxygen atoms in total. The van der Waals surface area contributed by atoms with Crippen molar-refractivity contribution >= 4 is 6.08 Å². The van der Waals surface area contributed by atoms with E-state index in [1.165, 1.54) is 366 Å². The average molecular weight is 885 g/mol. The predicted molar refractivity (Wildman–Crippen MR) is 286 cm³/mol. The zero-order chi connectivity index (χ0) is 45.1. The van der Waals surface area contributed by atoms with E-state index < -0.39 is 0 Å². The summed E-state index contributed by atoms with van der Waals surface area (Å²) in [5, 5.41) is 0. The van der Waals surface area contributed by atoms with E-state index in [1.807, 2.05) is 0 Å².